The van der Waals surface area contributed by atoms with Gasteiger partial charge in [-0.1, -0.05) is 148 Å². The number of esters is 2. The summed E-state index contributed by atoms with van der Waals surface area (Å²) in [5, 5.41) is 1.83. The molecule has 20 heteroatoms. The van der Waals surface area contributed by atoms with Crippen LogP contribution in [0.2, 0.25) is 0 Å². The van der Waals surface area contributed by atoms with E-state index in [2.05, 4.69) is 40.2 Å². The first-order valence-electron chi connectivity index (χ1n) is 32.1. The van der Waals surface area contributed by atoms with Crippen LogP contribution < -0.4 is 29.5 Å². The number of phosphoric ester groups is 1. The van der Waals surface area contributed by atoms with E-state index in [1.165, 1.54) is 95.6 Å². The van der Waals surface area contributed by atoms with Crippen molar-refractivity contribution in [2.75, 3.05) is 57.4 Å². The first-order valence-corrected chi connectivity index (χ1v) is 36.5. The van der Waals surface area contributed by atoms with E-state index in [1.54, 1.807) is 0 Å². The summed E-state index contributed by atoms with van der Waals surface area (Å²) < 4.78 is 115. The van der Waals surface area contributed by atoms with Gasteiger partial charge in [-0.15, -0.1) is 0 Å². The Hall–Kier alpha value is -4.20. The smallest absolute Gasteiger partial charge is 0.472 e. The number of nitrogens with zero attached hydrogens (tertiary/aromatic N) is 2. The predicted molar refractivity (Wildman–Crippen MR) is 325 cm³/mol. The molecule has 466 valence electrons. The quantitative estimate of drug-likeness (QED) is 0.0140. The average Bonchev–Trinajstić information content (AvgIpc) is 1.04. The molecular formula is C64H94N3O14PS2. The molecule has 0 radical (unpaired) electrons. The molecule has 0 saturated heterocycles. The van der Waals surface area contributed by atoms with Crippen molar-refractivity contribution in [1.29, 1.82) is 0 Å². The van der Waals surface area contributed by atoms with Gasteiger partial charge >= 0.3 is 19.8 Å². The highest BCUT2D eigenvalue weighted by atomic mass is 32.2. The van der Waals surface area contributed by atoms with E-state index >= 15 is 0 Å². The van der Waals surface area contributed by atoms with Crippen LogP contribution in [0.25, 0.3) is 5.57 Å². The molecule has 0 spiro atoms. The van der Waals surface area contributed by atoms with Crippen molar-refractivity contribution in [1.82, 2.24) is 9.30 Å². The third-order valence-electron chi connectivity index (χ3n) is 17.3. The zero-order chi connectivity index (χ0) is 59.5. The number of fused-ring (bicyclic) bond motifs is 4. The maximum Gasteiger partial charge on any atom is 0.472 e. The van der Waals surface area contributed by atoms with Crippen molar-refractivity contribution in [3.05, 3.63) is 74.3 Å². The van der Waals surface area contributed by atoms with E-state index in [9.17, 15) is 40.4 Å². The van der Waals surface area contributed by atoms with E-state index in [4.69, 9.17) is 23.3 Å². The number of carbonyl (C=O) groups excluding carboxylic acids is 2. The van der Waals surface area contributed by atoms with Gasteiger partial charge in [0.1, 0.15) is 41.3 Å². The molecule has 5 aliphatic rings. The molecule has 2 atom stereocenters. The van der Waals surface area contributed by atoms with Gasteiger partial charge in [0, 0.05) is 84.1 Å². The molecule has 3 aromatic rings. The SMILES string of the molecule is CCCCCCCCCCCCCC(=O)OCC(COP(=O)(O)OCCNS(=O)(=O)c1ccc(C2=c3cc4c5c(c3Oc3c2cc2c6c3CCCN6CCC2)CCC[N+]=5CCC4)c(S(=O)(=O)[O-])c1)OC(=O)CCCCCCCCCCCCC. The van der Waals surface area contributed by atoms with Crippen molar-refractivity contribution >= 4 is 51.2 Å². The summed E-state index contributed by atoms with van der Waals surface area (Å²) in [7, 11) is -14.8. The van der Waals surface area contributed by atoms with Crippen molar-refractivity contribution in [3.8, 4) is 11.5 Å². The summed E-state index contributed by atoms with van der Waals surface area (Å²) in [6.07, 6.45) is 30.5. The van der Waals surface area contributed by atoms with Crippen LogP contribution in [0.3, 0.4) is 0 Å². The van der Waals surface area contributed by atoms with Crippen LogP contribution in [0, 0.1) is 0 Å². The highest BCUT2D eigenvalue weighted by Gasteiger charge is 2.37. The van der Waals surface area contributed by atoms with Gasteiger partial charge < -0.3 is 28.6 Å². The van der Waals surface area contributed by atoms with Crippen LogP contribution in [0.1, 0.15) is 227 Å². The third kappa shape index (κ3) is 18.2. The number of aryl methyl sites for hydroxylation is 2. The molecule has 0 aliphatic carbocycles. The standard InChI is InChI=1S/C64H94N3O14PS2/c1-3-5-7-9-11-13-15-17-19-21-23-33-58(68)77-46-50(80-59(69)34-24-22-20-18-16-14-12-10-8-6-4-2)47-79-82(70,71)78-42-37-65-83(72,73)51-35-36-52(57(45-51)84(74,75)76)60-55-43-48-29-25-38-66-40-27-31-53(61(48)66)63(55)81-64-54-32-28-41-67-39-26-30-49(62(54)67)44-56(60)64/h35-36,43-45,50,65H,3-34,37-42,46-47H2,1-2H3,(H-,70,71,74,75,76). The number of unbranched alkanes of at least 4 members (excludes halogenated alkanes) is 20. The normalized spacial score (nSPS) is 16.5. The van der Waals surface area contributed by atoms with Gasteiger partial charge in [-0.2, -0.15) is 0 Å². The van der Waals surface area contributed by atoms with Crippen LogP contribution in [0.15, 0.2) is 40.1 Å². The molecule has 2 unspecified atom stereocenters. The summed E-state index contributed by atoms with van der Waals surface area (Å²) in [5.74, 6) is 0.234. The minimum Gasteiger partial charge on any atom is -0.744 e. The minimum absolute atomic E-state index is 0.0693. The third-order valence-corrected chi connectivity index (χ3v) is 20.6. The Morgan fingerprint density at radius 1 is 0.679 bits per heavy atom. The van der Waals surface area contributed by atoms with Gasteiger partial charge in [0.05, 0.1) is 28.6 Å². The van der Waals surface area contributed by atoms with Crippen molar-refractivity contribution in [2.45, 2.75) is 235 Å². The second-order valence-electron chi connectivity index (χ2n) is 23.8. The van der Waals surface area contributed by atoms with Gasteiger partial charge in [-0.25, -0.2) is 30.7 Å². The van der Waals surface area contributed by atoms with Gasteiger partial charge in [-0.3, -0.25) is 18.6 Å². The summed E-state index contributed by atoms with van der Waals surface area (Å²) in [6.45, 7) is 5.85. The second-order valence-corrected chi connectivity index (χ2v) is 28.4. The van der Waals surface area contributed by atoms with Gasteiger partial charge in [-0.05, 0) is 81.2 Å². The van der Waals surface area contributed by atoms with Gasteiger partial charge in [0.25, 0.3) is 0 Å². The largest absolute Gasteiger partial charge is 0.744 e. The van der Waals surface area contributed by atoms with Crippen LogP contribution in [-0.4, -0.2) is 96.9 Å². The first kappa shape index (κ1) is 65.8. The highest BCUT2D eigenvalue weighted by Crippen LogP contribution is 2.49. The number of anilines is 1. The maximum atomic E-state index is 13.9. The Labute approximate surface area is 500 Å². The number of carbonyl (C=O) groups is 2. The van der Waals surface area contributed by atoms with Crippen molar-refractivity contribution < 1.29 is 63.7 Å². The topological polar surface area (TPSA) is 227 Å². The molecule has 0 aromatic heterocycles. The fraction of sp³-hybridized carbons (Fsp3) is 0.672. The lowest BCUT2D eigenvalue weighted by atomic mass is 9.82. The summed E-state index contributed by atoms with van der Waals surface area (Å²) >= 11 is 0. The highest BCUT2D eigenvalue weighted by molar-refractivity contribution is 7.89. The first-order chi connectivity index (χ1) is 40.6. The number of ether oxygens (including phenoxy) is 3. The van der Waals surface area contributed by atoms with Crippen LogP contribution in [0.4, 0.5) is 5.69 Å². The number of sulfonamides is 1. The fourth-order valence-electron chi connectivity index (χ4n) is 13.0. The van der Waals surface area contributed by atoms with E-state index in [1.807, 2.05) is 0 Å². The minimum atomic E-state index is -5.32. The molecule has 5 heterocycles. The zero-order valence-corrected chi connectivity index (χ0v) is 52.7. The van der Waals surface area contributed by atoms with Crippen LogP contribution in [-0.2, 0) is 78.5 Å². The summed E-state index contributed by atoms with van der Waals surface area (Å²) in [6, 6.07) is 7.65. The van der Waals surface area contributed by atoms with Crippen LogP contribution >= 0.6 is 7.82 Å². The molecule has 0 fully saturated rings. The Kier molecular flexibility index (Phi) is 25.2. The number of hydrogen-bond acceptors (Lipinski definition) is 14. The molecule has 3 aromatic carbocycles. The van der Waals surface area contributed by atoms with Crippen molar-refractivity contribution in [3.63, 3.8) is 0 Å². The molecular weight excluding hydrogens is 1130 g/mol. The van der Waals surface area contributed by atoms with Crippen molar-refractivity contribution in [2.24, 2.45) is 0 Å². The molecule has 0 saturated carbocycles. The van der Waals surface area contributed by atoms with E-state index < -0.39 is 82.2 Å². The Bertz CT molecular complexity index is 3140. The summed E-state index contributed by atoms with van der Waals surface area (Å²) in [5.41, 5.74) is 6.77. The Balaban J connectivity index is 0.901. The van der Waals surface area contributed by atoms with Gasteiger partial charge in [0.15, 0.2) is 6.10 Å². The second kappa shape index (κ2) is 32.2. The van der Waals surface area contributed by atoms with E-state index in [0.717, 1.165) is 162 Å². The van der Waals surface area contributed by atoms with Gasteiger partial charge in [0.2, 0.25) is 15.4 Å². The molecule has 17 nitrogen and oxygen atoms in total. The lowest BCUT2D eigenvalue weighted by Gasteiger charge is -2.39. The molecule has 0 bridgehead atoms. The van der Waals surface area contributed by atoms with Crippen LogP contribution in [0.5, 0.6) is 11.5 Å². The predicted octanol–water partition coefficient (Wildman–Crippen LogP) is 11.3. The number of rotatable bonds is 38. The molecule has 2 N–H and O–H groups in total. The summed E-state index contributed by atoms with van der Waals surface area (Å²) in [4.78, 5) is 37.7. The fourth-order valence-corrected chi connectivity index (χ4v) is 15.6. The number of phosphoric acid groups is 1. The zero-order valence-electron chi connectivity index (χ0n) is 50.2. The molecule has 8 rings (SSSR count). The number of nitrogens with one attached hydrogen (secondary N) is 1. The van der Waals surface area contributed by atoms with E-state index in [0.29, 0.717) is 40.7 Å². The lowest BCUT2D eigenvalue weighted by Crippen LogP contribution is -2.45. The van der Waals surface area contributed by atoms with E-state index in [-0.39, 0.29) is 18.4 Å². The monoisotopic (exact) mass is 1220 g/mol. The molecule has 84 heavy (non-hydrogen) atoms. The maximum absolute atomic E-state index is 13.9. The molecule has 0 amide bonds. The average molecular weight is 1220 g/mol. The molecule has 5 aliphatic heterocycles. The lowest BCUT2D eigenvalue weighted by molar-refractivity contribution is -0.161. The number of hydrogen-bond donors (Lipinski definition) is 2. The Morgan fingerprint density at radius 3 is 1.88 bits per heavy atom. The Morgan fingerprint density at radius 2 is 1.25 bits per heavy atom. The number of benzene rings is 3.